The second-order valence-electron chi connectivity index (χ2n) is 11.8. The van der Waals surface area contributed by atoms with E-state index in [9.17, 15) is 29.7 Å². The lowest BCUT2D eigenvalue weighted by Gasteiger charge is -2.56. The van der Waals surface area contributed by atoms with Crippen LogP contribution in [0, 0.1) is 22.7 Å². The Hall–Kier alpha value is -3.24. The van der Waals surface area contributed by atoms with Gasteiger partial charge in [-0.25, -0.2) is 4.79 Å². The van der Waals surface area contributed by atoms with Gasteiger partial charge in [-0.1, -0.05) is 13.0 Å². The van der Waals surface area contributed by atoms with E-state index in [-0.39, 0.29) is 47.4 Å². The maximum Gasteiger partial charge on any atom is 0.339 e. The molecular formula is C29H31NO8S. The number of thioether (sulfide) groups is 1. The van der Waals surface area contributed by atoms with E-state index in [0.29, 0.717) is 16.6 Å². The van der Waals surface area contributed by atoms with Crippen LogP contribution in [0.25, 0.3) is 0 Å². The second-order valence-corrected chi connectivity index (χ2v) is 12.8. The molecule has 206 valence electrons. The number of carbonyl (C=O) groups is 3. The summed E-state index contributed by atoms with van der Waals surface area (Å²) in [7, 11) is 0. The van der Waals surface area contributed by atoms with Crippen LogP contribution in [-0.2, 0) is 20.1 Å². The summed E-state index contributed by atoms with van der Waals surface area (Å²) in [6.45, 7) is 4.12. The van der Waals surface area contributed by atoms with Crippen LogP contribution < -0.4 is 5.32 Å². The predicted octanol–water partition coefficient (Wildman–Crippen LogP) is 5.09. The summed E-state index contributed by atoms with van der Waals surface area (Å²) in [5.41, 5.74) is -2.05. The fraction of sp³-hybridized carbons (Fsp3) is 0.483. The minimum atomic E-state index is -1.39. The largest absolute Gasteiger partial charge is 0.506 e. The van der Waals surface area contributed by atoms with Gasteiger partial charge in [0.25, 0.3) is 0 Å². The number of rotatable bonds is 8. The Bertz CT molecular complexity index is 1400. The third kappa shape index (κ3) is 3.98. The summed E-state index contributed by atoms with van der Waals surface area (Å²) < 4.78 is 12.0. The van der Waals surface area contributed by atoms with Crippen LogP contribution in [0.2, 0.25) is 0 Å². The predicted molar refractivity (Wildman–Crippen MR) is 142 cm³/mol. The van der Waals surface area contributed by atoms with Gasteiger partial charge in [0.2, 0.25) is 5.91 Å². The number of benzene rings is 1. The van der Waals surface area contributed by atoms with Crippen LogP contribution >= 0.6 is 11.8 Å². The van der Waals surface area contributed by atoms with Crippen molar-refractivity contribution in [2.45, 2.75) is 63.4 Å². The zero-order valence-electron chi connectivity index (χ0n) is 21.7. The Morgan fingerprint density at radius 2 is 2.00 bits per heavy atom. The van der Waals surface area contributed by atoms with E-state index < -0.39 is 34.4 Å². The van der Waals surface area contributed by atoms with Gasteiger partial charge < -0.3 is 29.8 Å². The van der Waals surface area contributed by atoms with E-state index in [1.54, 1.807) is 6.26 Å². The fourth-order valence-electron chi connectivity index (χ4n) is 7.87. The number of carboxylic acids is 1. The minimum Gasteiger partial charge on any atom is -0.506 e. The molecule has 4 bridgehead atoms. The summed E-state index contributed by atoms with van der Waals surface area (Å²) in [5.74, 6) is -1.42. The van der Waals surface area contributed by atoms with Crippen molar-refractivity contribution < 1.29 is 38.9 Å². The maximum absolute atomic E-state index is 14.1. The van der Waals surface area contributed by atoms with Crippen LogP contribution in [0.15, 0.2) is 45.9 Å². The van der Waals surface area contributed by atoms with Gasteiger partial charge in [-0.3, -0.25) is 9.59 Å². The van der Waals surface area contributed by atoms with Gasteiger partial charge in [0.05, 0.1) is 23.7 Å². The zero-order valence-corrected chi connectivity index (χ0v) is 22.5. The average Bonchev–Trinajstić information content (AvgIpc) is 3.52. The maximum atomic E-state index is 14.1. The molecule has 1 amide bonds. The molecular weight excluding hydrogens is 522 g/mol. The van der Waals surface area contributed by atoms with Crippen LogP contribution in [0.1, 0.15) is 62.1 Å². The molecule has 2 aromatic rings. The highest BCUT2D eigenvalue weighted by Crippen LogP contribution is 2.72. The molecule has 0 unspecified atom stereocenters. The van der Waals surface area contributed by atoms with Crippen LogP contribution in [0.3, 0.4) is 0 Å². The smallest absolute Gasteiger partial charge is 0.339 e. The Balaban J connectivity index is 1.27. The number of allylic oxidation sites excluding steroid dienone is 2. The number of carbonyl (C=O) groups excluding carboxylic acids is 2. The standard InChI is InChI=1S/C29H31NO8S/c1-27(8-7-21(32)30-22-18(31)6-5-17(23(22)33)26(35)36)24-19-10-15-11-29(24,14-28(15,2)38-19)12-20(25(27)34)39-13-16-4-3-9-37-16/h3-6,9,12,15,19,24,31,33H,7-8,10-11,13-14H2,1-2H3,(H,30,32)(H,35,36)/t15-,19+,24+,27+,28+,29-/m1/s1. The number of amides is 1. The summed E-state index contributed by atoms with van der Waals surface area (Å²) in [6.07, 6.45) is 6.62. The molecule has 2 saturated heterocycles. The van der Waals surface area contributed by atoms with Crippen LogP contribution in [0.4, 0.5) is 5.69 Å². The van der Waals surface area contributed by atoms with E-state index in [0.717, 1.165) is 37.2 Å². The zero-order chi connectivity index (χ0) is 27.7. The van der Waals surface area contributed by atoms with E-state index >= 15 is 0 Å². The molecule has 4 fully saturated rings. The average molecular weight is 554 g/mol. The number of phenols is 2. The normalized spacial score (nSPS) is 34.2. The topological polar surface area (TPSA) is 146 Å². The first-order chi connectivity index (χ1) is 18.5. The quantitative estimate of drug-likeness (QED) is 0.328. The number of aromatic carboxylic acids is 1. The van der Waals surface area contributed by atoms with Gasteiger partial charge in [0, 0.05) is 22.7 Å². The molecule has 6 atom stereocenters. The number of hydrogen-bond acceptors (Lipinski definition) is 8. The molecule has 2 aliphatic heterocycles. The van der Waals surface area contributed by atoms with Gasteiger partial charge in [-0.2, -0.15) is 0 Å². The van der Waals surface area contributed by atoms with Gasteiger partial charge in [0.1, 0.15) is 22.8 Å². The molecule has 9 nitrogen and oxygen atoms in total. The number of Topliss-reactive ketones (excluding diaryl/α,β-unsaturated/α-hetero) is 1. The van der Waals surface area contributed by atoms with Gasteiger partial charge in [-0.15, -0.1) is 11.8 Å². The lowest BCUT2D eigenvalue weighted by atomic mass is 9.51. The van der Waals surface area contributed by atoms with Crippen molar-refractivity contribution in [1.82, 2.24) is 0 Å². The number of ketones is 1. The molecule has 3 heterocycles. The number of furan rings is 1. The molecule has 0 radical (unpaired) electrons. The first-order valence-electron chi connectivity index (χ1n) is 13.1. The van der Waals surface area contributed by atoms with Crippen molar-refractivity contribution in [1.29, 1.82) is 0 Å². The number of aromatic hydroxyl groups is 2. The first-order valence-corrected chi connectivity index (χ1v) is 14.1. The van der Waals surface area contributed by atoms with Crippen LogP contribution in [0.5, 0.6) is 11.5 Å². The van der Waals surface area contributed by atoms with Crippen molar-refractivity contribution in [3.63, 3.8) is 0 Å². The molecule has 39 heavy (non-hydrogen) atoms. The Labute approximate surface area is 229 Å². The van der Waals surface area contributed by atoms with Crippen molar-refractivity contribution in [2.75, 3.05) is 5.32 Å². The van der Waals surface area contributed by atoms with Crippen LogP contribution in [-0.4, -0.2) is 44.7 Å². The molecule has 3 aliphatic carbocycles. The molecule has 1 aromatic heterocycles. The second kappa shape index (κ2) is 8.89. The molecule has 2 saturated carbocycles. The van der Waals surface area contributed by atoms with Gasteiger partial charge >= 0.3 is 5.97 Å². The number of phenolic OH excluding ortho intramolecular Hbond substituents is 1. The van der Waals surface area contributed by atoms with E-state index in [1.165, 1.54) is 11.8 Å². The van der Waals surface area contributed by atoms with Crippen molar-refractivity contribution in [3.8, 4) is 11.5 Å². The highest BCUT2D eigenvalue weighted by molar-refractivity contribution is 8.03. The highest BCUT2D eigenvalue weighted by atomic mass is 32.2. The van der Waals surface area contributed by atoms with E-state index in [2.05, 4.69) is 18.3 Å². The Morgan fingerprint density at radius 3 is 2.69 bits per heavy atom. The molecule has 7 rings (SSSR count). The highest BCUT2D eigenvalue weighted by Gasteiger charge is 2.72. The monoisotopic (exact) mass is 553 g/mol. The van der Waals surface area contributed by atoms with E-state index in [1.807, 2.05) is 19.1 Å². The van der Waals surface area contributed by atoms with Gasteiger partial charge in [-0.05, 0) is 68.2 Å². The molecule has 4 N–H and O–H groups in total. The lowest BCUT2D eigenvalue weighted by molar-refractivity contribution is -0.169. The summed E-state index contributed by atoms with van der Waals surface area (Å²) in [4.78, 5) is 39.3. The van der Waals surface area contributed by atoms with Gasteiger partial charge in [0.15, 0.2) is 11.5 Å². The molecule has 1 aromatic carbocycles. The number of anilines is 1. The molecule has 1 spiro atoms. The van der Waals surface area contributed by atoms with Crippen molar-refractivity contribution >= 4 is 35.1 Å². The molecule has 10 heteroatoms. The number of hydrogen-bond donors (Lipinski definition) is 4. The number of ether oxygens (including phenoxy) is 1. The third-order valence-corrected chi connectivity index (χ3v) is 10.5. The summed E-state index contributed by atoms with van der Waals surface area (Å²) in [6, 6.07) is 5.86. The molecule has 5 aliphatic rings. The number of nitrogens with one attached hydrogen (secondary N) is 1. The van der Waals surface area contributed by atoms with Crippen molar-refractivity contribution in [2.24, 2.45) is 22.7 Å². The lowest BCUT2D eigenvalue weighted by Crippen LogP contribution is -2.57. The first kappa shape index (κ1) is 26.0. The minimum absolute atomic E-state index is 0.0106. The summed E-state index contributed by atoms with van der Waals surface area (Å²) >= 11 is 1.47. The summed E-state index contributed by atoms with van der Waals surface area (Å²) in [5, 5.41) is 32.2. The fourth-order valence-corrected chi connectivity index (χ4v) is 9.01. The number of carboxylic acid groups (broad SMARTS) is 1. The Kier molecular flexibility index (Phi) is 5.93. The van der Waals surface area contributed by atoms with Crippen molar-refractivity contribution in [3.05, 3.63) is 52.8 Å². The Morgan fingerprint density at radius 1 is 1.21 bits per heavy atom. The van der Waals surface area contributed by atoms with E-state index in [4.69, 9.17) is 9.15 Å². The third-order valence-electron chi connectivity index (χ3n) is 9.42. The SMILES string of the molecule is C[C@]12C[C@@]34C=C(SCc5ccco5)C(=O)[C@@](C)(CCC(=O)Nc5c(O)ccc(C(=O)O)c5O)[C@@H]3[C@H](C[C@@H]1C4)O2.